The standard InChI is InChI=1S/C97H160O16P2/c1-4-7-10-13-16-19-22-25-28-31-34-37-39-41-43-44-45-46-48-50-51-54-56-59-62-65-68-71-74-77-80-83-95(100)107-86-92(98)87-109-114(103,104)110-88-93(99)89-111-115(105,106)112-91-94(113-97(102)85-82-79-76-73-70-67-64-61-58-53-36-33-30-27-24-21-18-15-12-9-6-3)90-108-96(101)84-81-78-75-72-69-66-63-60-57-55-52-49-47-42-40-38-35-32-29-26-23-20-17-14-11-8-5-2/h7-12,16-21,25-30,34-38,41-43,45-47,53,61,64,92-94,98-99H,4-6,13-15,22-24,31-33,39-40,44,48-52,54-60,62-63,65-91H2,1-3H3,(H,103,104)(H,105,106)/b10-7-,11-8-,12-9-,19-16-,20-17-,21-18-,28-25-,29-26-,30-27-,37-34-,38-35-,43-41-,46-45-,47-42-,53-36-,64-61-. The Kier molecular flexibility index (Phi) is 83.4. The number of rotatable bonds is 83. The number of esters is 3. The lowest BCUT2D eigenvalue weighted by atomic mass is 10.0. The van der Waals surface area contributed by atoms with Crippen LogP contribution >= 0.6 is 15.6 Å². The highest BCUT2D eigenvalue weighted by Gasteiger charge is 2.29. The van der Waals surface area contributed by atoms with Gasteiger partial charge in [0.15, 0.2) is 6.10 Å². The highest BCUT2D eigenvalue weighted by Crippen LogP contribution is 2.45. The Balaban J connectivity index is 4.63. The maximum absolute atomic E-state index is 13.1. The molecule has 0 spiro atoms. The van der Waals surface area contributed by atoms with E-state index in [1.54, 1.807) is 0 Å². The molecule has 0 aliphatic carbocycles. The number of carbonyl (C=O) groups is 3. The fourth-order valence-corrected chi connectivity index (χ4v) is 13.2. The van der Waals surface area contributed by atoms with Gasteiger partial charge in [0, 0.05) is 19.3 Å². The van der Waals surface area contributed by atoms with Gasteiger partial charge in [0.2, 0.25) is 0 Å². The molecule has 0 heterocycles. The molecule has 0 aliphatic heterocycles. The Labute approximate surface area is 699 Å². The molecule has 16 nitrogen and oxygen atoms in total. The maximum atomic E-state index is 13.1. The van der Waals surface area contributed by atoms with Gasteiger partial charge in [-0.05, 0) is 161 Å². The first-order valence-electron chi connectivity index (χ1n) is 44.7. The number of carbonyl (C=O) groups excluding carboxylic acids is 3. The van der Waals surface area contributed by atoms with Crippen LogP contribution in [0.1, 0.15) is 342 Å². The van der Waals surface area contributed by atoms with Gasteiger partial charge in [-0.3, -0.25) is 32.5 Å². The van der Waals surface area contributed by atoms with Crippen LogP contribution in [0, 0.1) is 0 Å². The number of ether oxygens (including phenoxy) is 3. The molecule has 5 atom stereocenters. The van der Waals surface area contributed by atoms with Gasteiger partial charge in [-0.1, -0.05) is 356 Å². The van der Waals surface area contributed by atoms with Crippen LogP contribution in [0.25, 0.3) is 0 Å². The second-order valence-corrected chi connectivity index (χ2v) is 32.2. The minimum absolute atomic E-state index is 0.0756. The topological polar surface area (TPSA) is 231 Å². The van der Waals surface area contributed by atoms with Crippen molar-refractivity contribution in [2.45, 2.75) is 360 Å². The van der Waals surface area contributed by atoms with Gasteiger partial charge in [0.05, 0.1) is 26.4 Å². The largest absolute Gasteiger partial charge is 0.472 e. The average Bonchev–Trinajstić information content (AvgIpc) is 0.902. The van der Waals surface area contributed by atoms with E-state index in [1.165, 1.54) is 89.9 Å². The summed E-state index contributed by atoms with van der Waals surface area (Å²) in [5.41, 5.74) is 0. The van der Waals surface area contributed by atoms with E-state index in [2.05, 4.69) is 215 Å². The molecule has 18 heteroatoms. The van der Waals surface area contributed by atoms with E-state index in [4.69, 9.17) is 32.3 Å². The zero-order valence-electron chi connectivity index (χ0n) is 71.9. The number of phosphoric acid groups is 2. The van der Waals surface area contributed by atoms with Crippen LogP contribution in [0.3, 0.4) is 0 Å². The second kappa shape index (κ2) is 87.7. The van der Waals surface area contributed by atoms with Crippen molar-refractivity contribution in [3.63, 3.8) is 0 Å². The normalized spacial score (nSPS) is 14.7. The van der Waals surface area contributed by atoms with Crippen molar-refractivity contribution in [1.29, 1.82) is 0 Å². The predicted octanol–water partition coefficient (Wildman–Crippen LogP) is 27.4. The summed E-state index contributed by atoms with van der Waals surface area (Å²) >= 11 is 0. The number of hydrogen-bond donors (Lipinski definition) is 4. The molecule has 0 radical (unpaired) electrons. The Hall–Kier alpha value is -5.61. The van der Waals surface area contributed by atoms with E-state index in [0.717, 1.165) is 193 Å². The van der Waals surface area contributed by atoms with E-state index in [1.807, 2.05) is 0 Å². The van der Waals surface area contributed by atoms with Gasteiger partial charge in [0.1, 0.15) is 25.4 Å². The SMILES string of the molecule is CC/C=C\C/C=C\C/C=C\C/C=C\C/C=C\C/C=C\CCCCCCCCCCCCCCC(=O)OCC(O)COP(=O)(O)OCC(O)COP(=O)(O)OCC(COC(=O)CCCCCCCCCCCCC/C=C\C/C=C\C/C=C\C/C=C\C/C=C\CC)OC(=O)CCCCCCC/C=C\C/C=C\C/C=C\C/C=C\C/C=C\CC. The molecular weight excluding hydrogens is 1480 g/mol. The molecule has 4 N–H and O–H groups in total. The molecule has 0 aliphatic rings. The summed E-state index contributed by atoms with van der Waals surface area (Å²) in [7, 11) is -9.82. The van der Waals surface area contributed by atoms with Crippen LogP contribution in [0.2, 0.25) is 0 Å². The monoisotopic (exact) mass is 1640 g/mol. The smallest absolute Gasteiger partial charge is 0.463 e. The molecular formula is C97H160O16P2. The first-order valence-corrected chi connectivity index (χ1v) is 47.7. The third-order valence-corrected chi connectivity index (χ3v) is 20.2. The van der Waals surface area contributed by atoms with Gasteiger partial charge in [-0.2, -0.15) is 0 Å². The number of hydrogen-bond acceptors (Lipinski definition) is 14. The first kappa shape index (κ1) is 109. The number of aliphatic hydroxyl groups is 2. The predicted molar refractivity (Wildman–Crippen MR) is 481 cm³/mol. The molecule has 0 aromatic rings. The summed E-state index contributed by atoms with van der Waals surface area (Å²) in [4.78, 5) is 59.0. The van der Waals surface area contributed by atoms with Crippen LogP contribution in [-0.4, -0.2) is 95.9 Å². The molecule has 0 saturated heterocycles. The van der Waals surface area contributed by atoms with E-state index in [0.29, 0.717) is 19.3 Å². The summed E-state index contributed by atoms with van der Waals surface area (Å²) in [5, 5.41) is 20.7. The van der Waals surface area contributed by atoms with Crippen LogP contribution in [0.5, 0.6) is 0 Å². The number of allylic oxidation sites excluding steroid dienone is 32. The van der Waals surface area contributed by atoms with Crippen LogP contribution in [0.4, 0.5) is 0 Å². The van der Waals surface area contributed by atoms with Crippen LogP contribution in [0.15, 0.2) is 194 Å². The Morgan fingerprint density at radius 2 is 0.435 bits per heavy atom. The van der Waals surface area contributed by atoms with Crippen LogP contribution < -0.4 is 0 Å². The average molecular weight is 1640 g/mol. The molecule has 115 heavy (non-hydrogen) atoms. The van der Waals surface area contributed by atoms with Gasteiger partial charge >= 0.3 is 33.6 Å². The van der Waals surface area contributed by atoms with Gasteiger partial charge in [0.25, 0.3) is 0 Å². The molecule has 0 aromatic heterocycles. The highest BCUT2D eigenvalue weighted by atomic mass is 31.2. The molecule has 5 unspecified atom stereocenters. The van der Waals surface area contributed by atoms with Crippen molar-refractivity contribution in [2.75, 3.05) is 39.6 Å². The molecule has 0 saturated carbocycles. The lowest BCUT2D eigenvalue weighted by molar-refractivity contribution is -0.161. The van der Waals surface area contributed by atoms with Crippen molar-refractivity contribution >= 4 is 33.6 Å². The zero-order valence-corrected chi connectivity index (χ0v) is 73.7. The summed E-state index contributed by atoms with van der Waals surface area (Å²) in [6, 6.07) is 0. The molecule has 0 rings (SSSR count). The van der Waals surface area contributed by atoms with Gasteiger partial charge in [-0.25, -0.2) is 9.13 Å². The lowest BCUT2D eigenvalue weighted by Gasteiger charge is -2.21. The fourth-order valence-electron chi connectivity index (χ4n) is 11.6. The first-order chi connectivity index (χ1) is 56.2. The van der Waals surface area contributed by atoms with Crippen LogP contribution in [-0.2, 0) is 55.8 Å². The van der Waals surface area contributed by atoms with Crippen molar-refractivity contribution in [3.8, 4) is 0 Å². The summed E-state index contributed by atoms with van der Waals surface area (Å²) in [6.45, 7) is 2.33. The Morgan fingerprint density at radius 3 is 0.687 bits per heavy atom. The number of phosphoric ester groups is 2. The summed E-state index contributed by atoms with van der Waals surface area (Å²) < 4.78 is 61.4. The highest BCUT2D eigenvalue weighted by molar-refractivity contribution is 7.47. The number of unbranched alkanes of at least 4 members (excludes halogenated alkanes) is 28. The Bertz CT molecular complexity index is 2870. The fraction of sp³-hybridized carbons (Fsp3) is 0.639. The summed E-state index contributed by atoms with van der Waals surface area (Å²) in [6.07, 6.45) is 116. The van der Waals surface area contributed by atoms with E-state index >= 15 is 0 Å². The van der Waals surface area contributed by atoms with Gasteiger partial charge in [-0.15, -0.1) is 0 Å². The quantitative estimate of drug-likeness (QED) is 0.0146. The van der Waals surface area contributed by atoms with Crippen molar-refractivity contribution in [2.24, 2.45) is 0 Å². The minimum Gasteiger partial charge on any atom is -0.463 e. The number of aliphatic hydroxyl groups excluding tert-OH is 2. The molecule has 0 bridgehead atoms. The molecule has 0 fully saturated rings. The molecule has 0 aromatic carbocycles. The minimum atomic E-state index is -4.95. The third-order valence-electron chi connectivity index (χ3n) is 18.3. The molecule has 654 valence electrons. The lowest BCUT2D eigenvalue weighted by Crippen LogP contribution is -2.30. The van der Waals surface area contributed by atoms with Crippen molar-refractivity contribution < 1.29 is 75.8 Å². The van der Waals surface area contributed by atoms with E-state index < -0.39 is 91.5 Å². The summed E-state index contributed by atoms with van der Waals surface area (Å²) in [5.74, 6) is -1.60. The van der Waals surface area contributed by atoms with Gasteiger partial charge < -0.3 is 34.2 Å². The van der Waals surface area contributed by atoms with E-state index in [9.17, 15) is 43.5 Å². The maximum Gasteiger partial charge on any atom is 0.472 e. The van der Waals surface area contributed by atoms with E-state index in [-0.39, 0.29) is 19.3 Å². The molecule has 0 amide bonds. The van der Waals surface area contributed by atoms with Crippen molar-refractivity contribution in [3.05, 3.63) is 194 Å². The third kappa shape index (κ3) is 89.0. The Morgan fingerprint density at radius 1 is 0.243 bits per heavy atom. The van der Waals surface area contributed by atoms with Crippen molar-refractivity contribution in [1.82, 2.24) is 0 Å². The zero-order chi connectivity index (χ0) is 83.6. The second-order valence-electron chi connectivity index (χ2n) is 29.3.